The molecule has 0 unspecified atom stereocenters. The number of hydrogen-bond donors (Lipinski definition) is 3. The summed E-state index contributed by atoms with van der Waals surface area (Å²) in [5.41, 5.74) is 2.46. The van der Waals surface area contributed by atoms with Gasteiger partial charge < -0.3 is 29.5 Å². The zero-order valence-corrected chi connectivity index (χ0v) is 14.7. The van der Waals surface area contributed by atoms with E-state index in [2.05, 4.69) is 0 Å². The maximum atomic E-state index is 10.00. The van der Waals surface area contributed by atoms with Crippen LogP contribution in [0.25, 0.3) is 6.08 Å². The lowest BCUT2D eigenvalue weighted by atomic mass is 9.90. The molecule has 0 bridgehead atoms. The van der Waals surface area contributed by atoms with Gasteiger partial charge in [-0.15, -0.1) is 0 Å². The number of hydrogen-bond acceptors (Lipinski definition) is 6. The van der Waals surface area contributed by atoms with Crippen LogP contribution in [0, 0.1) is 0 Å². The number of aromatic hydroxyl groups is 1. The molecule has 1 aliphatic rings. The van der Waals surface area contributed by atoms with Crippen LogP contribution in [0.3, 0.4) is 0 Å². The van der Waals surface area contributed by atoms with E-state index in [0.717, 1.165) is 16.7 Å². The molecule has 0 aliphatic carbocycles. The Hall–Kier alpha value is -2.70. The van der Waals surface area contributed by atoms with Gasteiger partial charge in [0.25, 0.3) is 0 Å². The molecule has 2 atom stereocenters. The first kappa shape index (κ1) is 18.1. The lowest BCUT2D eigenvalue weighted by Gasteiger charge is -2.18. The van der Waals surface area contributed by atoms with Crippen molar-refractivity contribution < 1.29 is 29.5 Å². The Morgan fingerprint density at radius 1 is 1.08 bits per heavy atom. The number of methoxy groups -OCH3 is 2. The van der Waals surface area contributed by atoms with Gasteiger partial charge in [-0.1, -0.05) is 18.2 Å². The smallest absolute Gasteiger partial charge is 0.165 e. The quantitative estimate of drug-likeness (QED) is 0.736. The monoisotopic (exact) mass is 358 g/mol. The van der Waals surface area contributed by atoms with E-state index in [1.807, 2.05) is 12.1 Å². The number of aliphatic hydroxyl groups is 2. The van der Waals surface area contributed by atoms with Gasteiger partial charge in [0.2, 0.25) is 0 Å². The van der Waals surface area contributed by atoms with E-state index in [1.165, 1.54) is 7.11 Å². The van der Waals surface area contributed by atoms with Gasteiger partial charge in [-0.2, -0.15) is 0 Å². The van der Waals surface area contributed by atoms with Gasteiger partial charge in [-0.05, 0) is 35.4 Å². The first-order chi connectivity index (χ1) is 12.6. The Labute approximate surface area is 151 Å². The maximum absolute atomic E-state index is 10.00. The van der Waals surface area contributed by atoms with Crippen molar-refractivity contribution in [1.29, 1.82) is 0 Å². The summed E-state index contributed by atoms with van der Waals surface area (Å²) in [6.07, 6.45) is 2.98. The molecule has 6 heteroatoms. The van der Waals surface area contributed by atoms with Crippen LogP contribution in [-0.4, -0.2) is 42.8 Å². The molecule has 0 spiro atoms. The molecule has 0 saturated heterocycles. The van der Waals surface area contributed by atoms with Gasteiger partial charge >= 0.3 is 0 Å². The summed E-state index contributed by atoms with van der Waals surface area (Å²) in [6, 6.07) is 8.73. The Morgan fingerprint density at radius 3 is 2.50 bits per heavy atom. The number of aliphatic hydroxyl groups excluding tert-OH is 2. The van der Waals surface area contributed by atoms with Crippen LogP contribution in [0.15, 0.2) is 36.4 Å². The highest BCUT2D eigenvalue weighted by Gasteiger charge is 2.37. The summed E-state index contributed by atoms with van der Waals surface area (Å²) in [7, 11) is 3.04. The number of benzene rings is 2. The summed E-state index contributed by atoms with van der Waals surface area (Å²) in [6.45, 7) is -0.174. The lowest BCUT2D eigenvalue weighted by Crippen LogP contribution is -2.13. The molecule has 0 amide bonds. The molecule has 2 aromatic carbocycles. The zero-order chi connectivity index (χ0) is 18.7. The summed E-state index contributed by atoms with van der Waals surface area (Å²) in [4.78, 5) is 0. The third-order valence-electron chi connectivity index (χ3n) is 4.48. The van der Waals surface area contributed by atoms with E-state index in [-0.39, 0.29) is 24.9 Å². The molecule has 0 aromatic heterocycles. The number of fused-ring (bicyclic) bond motifs is 1. The molecule has 2 aromatic rings. The van der Waals surface area contributed by atoms with Crippen molar-refractivity contribution in [3.8, 4) is 23.0 Å². The van der Waals surface area contributed by atoms with Crippen molar-refractivity contribution in [2.24, 2.45) is 0 Å². The highest BCUT2D eigenvalue weighted by molar-refractivity contribution is 5.62. The van der Waals surface area contributed by atoms with E-state index in [0.29, 0.717) is 17.2 Å². The summed E-state index contributed by atoms with van der Waals surface area (Å²) in [5, 5.41) is 28.8. The van der Waals surface area contributed by atoms with Crippen LogP contribution in [0.5, 0.6) is 23.0 Å². The molecular weight excluding hydrogens is 336 g/mol. The molecule has 0 fully saturated rings. The standard InChI is InChI=1S/C20H22O6/c1-24-17-10-13(5-6-16(17)23)19-15(11-22)14-8-12(4-3-7-21)9-18(25-2)20(14)26-19/h3-6,8-10,15,19,21-23H,7,11H2,1-2H3/t15-,19-/m0/s1. The van der Waals surface area contributed by atoms with E-state index >= 15 is 0 Å². The fourth-order valence-electron chi connectivity index (χ4n) is 3.22. The Bertz CT molecular complexity index is 814. The minimum atomic E-state index is -0.435. The molecule has 26 heavy (non-hydrogen) atoms. The van der Waals surface area contributed by atoms with Gasteiger partial charge in [0.15, 0.2) is 23.0 Å². The summed E-state index contributed by atoms with van der Waals surface area (Å²) in [5.74, 6) is 1.24. The first-order valence-electron chi connectivity index (χ1n) is 8.26. The third-order valence-corrected chi connectivity index (χ3v) is 4.48. The fourth-order valence-corrected chi connectivity index (χ4v) is 3.22. The second-order valence-corrected chi connectivity index (χ2v) is 5.99. The molecular formula is C20H22O6. The number of ether oxygens (including phenoxy) is 3. The second-order valence-electron chi connectivity index (χ2n) is 5.99. The van der Waals surface area contributed by atoms with Gasteiger partial charge in [-0.25, -0.2) is 0 Å². The number of phenols is 1. The number of rotatable bonds is 6. The van der Waals surface area contributed by atoms with Crippen LogP contribution >= 0.6 is 0 Å². The molecule has 138 valence electrons. The Kier molecular flexibility index (Phi) is 5.35. The van der Waals surface area contributed by atoms with Crippen LogP contribution in [0.1, 0.15) is 28.7 Å². The van der Waals surface area contributed by atoms with Crippen molar-refractivity contribution in [2.75, 3.05) is 27.4 Å². The number of phenolic OH excluding ortho intramolecular Hbond substituents is 1. The predicted molar refractivity (Wildman–Crippen MR) is 97.0 cm³/mol. The van der Waals surface area contributed by atoms with Crippen LogP contribution < -0.4 is 14.2 Å². The minimum Gasteiger partial charge on any atom is -0.504 e. The van der Waals surface area contributed by atoms with Crippen molar-refractivity contribution >= 4 is 6.08 Å². The molecule has 6 nitrogen and oxygen atoms in total. The summed E-state index contributed by atoms with van der Waals surface area (Å²) >= 11 is 0. The minimum absolute atomic E-state index is 0.0429. The van der Waals surface area contributed by atoms with Crippen molar-refractivity contribution in [2.45, 2.75) is 12.0 Å². The van der Waals surface area contributed by atoms with Crippen molar-refractivity contribution in [3.05, 3.63) is 53.1 Å². The molecule has 3 rings (SSSR count). The van der Waals surface area contributed by atoms with Gasteiger partial charge in [0, 0.05) is 5.56 Å². The highest BCUT2D eigenvalue weighted by Crippen LogP contribution is 2.51. The van der Waals surface area contributed by atoms with Gasteiger partial charge in [0.1, 0.15) is 6.10 Å². The van der Waals surface area contributed by atoms with Crippen LogP contribution in [0.4, 0.5) is 0 Å². The molecule has 0 saturated carbocycles. The van der Waals surface area contributed by atoms with Crippen LogP contribution in [0.2, 0.25) is 0 Å². The second kappa shape index (κ2) is 7.68. The highest BCUT2D eigenvalue weighted by atomic mass is 16.5. The van der Waals surface area contributed by atoms with Crippen molar-refractivity contribution in [1.82, 2.24) is 0 Å². The zero-order valence-electron chi connectivity index (χ0n) is 14.7. The molecule has 0 radical (unpaired) electrons. The van der Waals surface area contributed by atoms with E-state index < -0.39 is 6.10 Å². The van der Waals surface area contributed by atoms with Gasteiger partial charge in [-0.3, -0.25) is 0 Å². The van der Waals surface area contributed by atoms with E-state index in [9.17, 15) is 10.2 Å². The molecule has 1 heterocycles. The molecule has 3 N–H and O–H groups in total. The van der Waals surface area contributed by atoms with Crippen LogP contribution in [-0.2, 0) is 0 Å². The maximum Gasteiger partial charge on any atom is 0.165 e. The largest absolute Gasteiger partial charge is 0.504 e. The third kappa shape index (κ3) is 3.21. The topological polar surface area (TPSA) is 88.4 Å². The Morgan fingerprint density at radius 2 is 1.85 bits per heavy atom. The predicted octanol–water partition coefficient (Wildman–Crippen LogP) is 2.62. The Balaban J connectivity index is 2.04. The average Bonchev–Trinajstić information content (AvgIpc) is 3.04. The lowest BCUT2D eigenvalue weighted by molar-refractivity contribution is 0.157. The SMILES string of the molecule is COc1cc([C@@H]2Oc3c(OC)cc(C=CCO)cc3[C@@H]2CO)ccc1O. The molecule has 1 aliphatic heterocycles. The van der Waals surface area contributed by atoms with E-state index in [4.69, 9.17) is 19.3 Å². The summed E-state index contributed by atoms with van der Waals surface area (Å²) < 4.78 is 16.7. The normalized spacial score (nSPS) is 18.6. The van der Waals surface area contributed by atoms with Gasteiger partial charge in [0.05, 0.1) is 33.4 Å². The first-order valence-corrected chi connectivity index (χ1v) is 8.26. The average molecular weight is 358 g/mol. The van der Waals surface area contributed by atoms with Crippen molar-refractivity contribution in [3.63, 3.8) is 0 Å². The van der Waals surface area contributed by atoms with E-state index in [1.54, 1.807) is 37.5 Å². The fraction of sp³-hybridized carbons (Fsp3) is 0.300.